The molecule has 3 radical (unpaired) electrons. The summed E-state index contributed by atoms with van der Waals surface area (Å²) >= 11 is 19.4. The third-order valence-electron chi connectivity index (χ3n) is 17.8. The minimum absolute atomic E-state index is 0. The average Bonchev–Trinajstić information content (AvgIpc) is 1.55. The maximum absolute atomic E-state index is 13.3. The minimum atomic E-state index is -2.04. The van der Waals surface area contributed by atoms with Gasteiger partial charge in [0, 0.05) is 134 Å². The molecule has 0 bridgehead atoms. The number of alkyl halides is 3. The number of Topliss-reactive ketones (excluding diaryl/α,β-unsaturated/α-hetero) is 1. The van der Waals surface area contributed by atoms with Crippen LogP contribution in [-0.4, -0.2) is 98.9 Å². The van der Waals surface area contributed by atoms with Crippen LogP contribution in [-0.2, 0) is 45.6 Å². The van der Waals surface area contributed by atoms with E-state index in [-0.39, 0.29) is 215 Å². The van der Waals surface area contributed by atoms with Crippen LogP contribution >= 0.6 is 46.4 Å². The van der Waals surface area contributed by atoms with E-state index in [1.807, 2.05) is 167 Å². The number of benzene rings is 7. The Kier molecular flexibility index (Phi) is 61.0. The number of amides is 2. The van der Waals surface area contributed by atoms with Crippen LogP contribution in [0.15, 0.2) is 250 Å². The number of nitro benzene ring substituents is 1. The summed E-state index contributed by atoms with van der Waals surface area (Å²) in [6.45, 7) is 17.2. The third-order valence-corrected chi connectivity index (χ3v) is 18.1. The Bertz CT molecular complexity index is 6130. The van der Waals surface area contributed by atoms with Crippen LogP contribution in [0.25, 0.3) is 38.0 Å². The molecule has 7 heterocycles. The zero-order valence-corrected chi connectivity index (χ0v) is 88.5. The van der Waals surface area contributed by atoms with Crippen molar-refractivity contribution >= 4 is 175 Å². The number of aliphatic hydroxyl groups excluding tert-OH is 1. The van der Waals surface area contributed by atoms with Gasteiger partial charge < -0.3 is 102 Å². The second-order valence-electron chi connectivity index (χ2n) is 28.2. The normalized spacial score (nSPS) is 10.7. The first-order chi connectivity index (χ1) is 60.2. The molecule has 2 amide bonds. The summed E-state index contributed by atoms with van der Waals surface area (Å²) in [5, 5.41) is 44.5. The molecule has 17 N–H and O–H groups in total. The van der Waals surface area contributed by atoms with Crippen LogP contribution in [0.2, 0.25) is 0 Å². The number of fused-ring (bicyclic) bond motifs is 3. The average molecular weight is 2140 g/mol. The van der Waals surface area contributed by atoms with Crippen molar-refractivity contribution in [2.75, 3.05) is 57.9 Å². The molecular weight excluding hydrogens is 2030 g/mol. The molecule has 0 aliphatic heterocycles. The van der Waals surface area contributed by atoms with Gasteiger partial charge >= 0.3 is 129 Å². The quantitative estimate of drug-likeness (QED) is 0.00364. The summed E-state index contributed by atoms with van der Waals surface area (Å²) in [5.41, 5.74) is 47.0. The molecule has 0 saturated carbocycles. The Balaban J connectivity index is -0.000000524. The summed E-state index contributed by atoms with van der Waals surface area (Å²) in [6.07, 6.45) is 8.45. The number of nitrogens with zero attached hydrogens (tertiary/aromatic N) is 9. The van der Waals surface area contributed by atoms with Crippen molar-refractivity contribution in [3.63, 3.8) is 0 Å². The molecule has 136 heavy (non-hydrogen) atoms. The molecule has 4 atom stereocenters. The maximum Gasteiger partial charge on any atom is 1.00 e. The topological polar surface area (TPSA) is 529 Å². The number of aryl methyl sites for hydroxylation is 1. The summed E-state index contributed by atoms with van der Waals surface area (Å²) in [4.78, 5) is 89.9. The van der Waals surface area contributed by atoms with E-state index in [2.05, 4.69) is 87.3 Å². The fourth-order valence-corrected chi connectivity index (χ4v) is 11.9. The second kappa shape index (κ2) is 63.9. The summed E-state index contributed by atoms with van der Waals surface area (Å²) in [7, 11) is 1.32. The number of nitrogens with one attached hydrogen (secondary N) is 2. The first-order valence-corrected chi connectivity index (χ1v) is 39.7. The largest absolute Gasteiger partial charge is 1.00 e. The van der Waals surface area contributed by atoms with Crippen molar-refractivity contribution in [1.29, 1.82) is 0 Å². The number of urea groups is 1. The number of carbonyl (C=O) groups is 5. The molecule has 703 valence electrons. The Morgan fingerprint density at radius 1 is 0.529 bits per heavy atom. The molecule has 0 saturated heterocycles. The van der Waals surface area contributed by atoms with E-state index in [0.717, 1.165) is 72.2 Å². The molecule has 33 nitrogen and oxygen atoms in total. The van der Waals surface area contributed by atoms with Crippen molar-refractivity contribution in [3.8, 4) is 22.9 Å². The smallest absolute Gasteiger partial charge is 1.00 e. The van der Waals surface area contributed by atoms with Gasteiger partial charge in [-0.05, 0) is 220 Å². The van der Waals surface area contributed by atoms with Crippen LogP contribution in [0.5, 0.6) is 17.2 Å². The number of pyridine rings is 6. The van der Waals surface area contributed by atoms with E-state index in [4.69, 9.17) is 109 Å². The van der Waals surface area contributed by atoms with Gasteiger partial charge in [-0.1, -0.05) is 113 Å². The summed E-state index contributed by atoms with van der Waals surface area (Å²) < 4.78 is 26.4. The molecule has 0 aliphatic rings. The van der Waals surface area contributed by atoms with Crippen molar-refractivity contribution in [2.24, 2.45) is 0 Å². The number of hydrogen-bond donors (Lipinski definition) is 10. The van der Waals surface area contributed by atoms with Gasteiger partial charge in [0.05, 0.1) is 46.2 Å². The number of carbonyl (C=O) groups excluding carboxylic acids is 5. The zero-order chi connectivity index (χ0) is 93.2. The summed E-state index contributed by atoms with van der Waals surface area (Å²) in [5.74, 6) is 4.79. The number of esters is 1. The van der Waals surface area contributed by atoms with Crippen molar-refractivity contribution in [2.45, 2.75) is 104 Å². The van der Waals surface area contributed by atoms with Gasteiger partial charge in [0.15, 0.2) is 5.78 Å². The van der Waals surface area contributed by atoms with Crippen LogP contribution in [0, 0.1) is 31.9 Å². The number of halogens is 4. The van der Waals surface area contributed by atoms with Crippen molar-refractivity contribution in [3.05, 3.63) is 319 Å². The van der Waals surface area contributed by atoms with E-state index in [9.17, 15) is 29.3 Å². The fraction of sp³-hybridized carbons (Fsp3) is 0.183. The monoisotopic (exact) mass is 2140 g/mol. The standard InChI is InChI=1S/C32H34N6O2.C17H15N3O3.C17H17N3O.C7H8N2O2.C7H10N2O.C7H8N2O.C2Cl4O2.CH2O3.CH4.2CH3.B.Li.3Na.Pt.2H/c1-20-10-12-23(13-11-20)38-30(19-28(37-38)32(3,4)5)36-31(39)35-26-14-15-27(25-9-7-6-8-24(25)26)40-21(2)22-16-17-34-29(33)18-22;1-11(12-8-9-19-17(18)10-12)23-16-7-6-15(20(21)22)13-4-2-3-5-14(13)16;1-11(12-8-9-20-17(19)10-12)21-16-7-6-15(18)13-4-2-3-5-14(13)16;1-11-7(10)5-2-3-9-6(8)4-5;2*1-5(10)6-2-3-9-7(8)4-6;3-1(7)8-2(4,5)6;2-1-4-3;;;;;;;;;;;/h6-19,21H,1-5H3,(H2,33,34)(H2,35,36,39);2-11H,1H3,(H2,18,19);2-11H,18H2,1H3,(H2,19,20);2-4H,1H3,(H2,8,9);2-5,10H,1H3,(H2,8,9);2-4H,1H3,(H2,8,9);;1,3H;1H4;2*1H3;;;;;;;;/q;;;;;;;;;2*-1;;4*+1;;2*-1/p-1. The number of ketones is 1. The number of aromatic nitrogens is 8. The number of nitro groups is 1. The van der Waals surface area contributed by atoms with E-state index in [1.54, 1.807) is 97.1 Å². The van der Waals surface area contributed by atoms with E-state index in [1.165, 1.54) is 38.6 Å². The van der Waals surface area contributed by atoms with Gasteiger partial charge in [0.2, 0.25) is 0 Å². The summed E-state index contributed by atoms with van der Waals surface area (Å²) in [6, 6.07) is 63.6. The molecule has 14 aromatic rings. The maximum atomic E-state index is 13.3. The number of anilines is 9. The zero-order valence-electron chi connectivity index (χ0n) is 79.2. The number of nitrogens with two attached hydrogens (primary N) is 7. The van der Waals surface area contributed by atoms with Gasteiger partial charge in [-0.15, -0.1) is 0 Å². The predicted molar refractivity (Wildman–Crippen MR) is 521 cm³/mol. The Morgan fingerprint density at radius 3 is 1.25 bits per heavy atom. The van der Waals surface area contributed by atoms with Crippen molar-refractivity contribution < 1.29 is 199 Å². The molecule has 0 aliphatic carbocycles. The number of ether oxygens (including phenoxy) is 5. The Labute approximate surface area is 907 Å². The molecule has 7 aromatic heterocycles. The number of rotatable bonds is 17. The third kappa shape index (κ3) is 42.3. The van der Waals surface area contributed by atoms with Crippen LogP contribution in [0.4, 0.5) is 67.4 Å². The molecular formula is C93H105BCl4LiN18Na3O15Pt-. The van der Waals surface area contributed by atoms with Crippen LogP contribution < -0.4 is 178 Å². The van der Waals surface area contributed by atoms with E-state index >= 15 is 0 Å². The molecule has 7 aromatic carbocycles. The molecule has 14 rings (SSSR count). The fourth-order valence-electron chi connectivity index (χ4n) is 11.5. The SMILES string of the molecule is C.CC(=O)c1ccnc(N)c1.CC(O)c1ccnc(N)c1.CC(Oc1ccc(N)c2ccccc12)c1ccnc(N)c1.CC(Oc1ccc([N+](=O)[O-])c2ccccc12)c1ccnc(N)c1.COC(=O)c1ccnc(N)c1.Cc1ccc(-n2nc(C(C)(C)C)cc2NC(=O)Nc2ccc(OC(C)c3ccnc(N)c3)c3ccccc23)cc1.O=C(Cl)OC(Cl)(Cl)Cl.O=CO[O-].[B].[CH3-].[CH3-].[H-].[H-].[Li+].[Na+].[Na+].[Na+].[Pt]. The second-order valence-corrected chi connectivity index (χ2v) is 30.7. The number of nitrogen functional groups attached to an aromatic ring is 7. The van der Waals surface area contributed by atoms with Crippen molar-refractivity contribution in [1.82, 2.24) is 39.7 Å². The minimum Gasteiger partial charge on any atom is -1.00 e. The van der Waals surface area contributed by atoms with Crippen LogP contribution in [0.1, 0.15) is 144 Å². The molecule has 43 heteroatoms. The predicted octanol–water partition coefficient (Wildman–Crippen LogP) is 7.35. The van der Waals surface area contributed by atoms with Gasteiger partial charge in [0.1, 0.15) is 76.3 Å². The van der Waals surface area contributed by atoms with Gasteiger partial charge in [-0.2, -0.15) is 5.10 Å². The van der Waals surface area contributed by atoms with E-state index in [0.29, 0.717) is 79.8 Å². The van der Waals surface area contributed by atoms with Crippen LogP contribution in [0.3, 0.4) is 0 Å². The first-order valence-electron chi connectivity index (χ1n) is 38.2. The van der Waals surface area contributed by atoms with E-state index < -0.39 is 21.5 Å². The number of hydrogen-bond acceptors (Lipinski definition) is 29. The number of non-ortho nitro benzene ring substituents is 1. The number of methoxy groups -OCH3 is 1. The molecule has 0 fully saturated rings. The van der Waals surface area contributed by atoms with Gasteiger partial charge in [-0.25, -0.2) is 49.0 Å². The van der Waals surface area contributed by atoms with Gasteiger partial charge in [0.25, 0.3) is 12.2 Å². The Hall–Kier alpha value is -10.4. The molecule has 4 unspecified atom stereocenters. The number of aliphatic hydroxyl groups is 1. The van der Waals surface area contributed by atoms with Gasteiger partial charge in [-0.3, -0.25) is 25.0 Å². The first kappa shape index (κ1) is 130. The molecule has 0 spiro atoms. The Morgan fingerprint density at radius 2 is 0.890 bits per heavy atom.